The normalized spacial score (nSPS) is 22.2. The van der Waals surface area contributed by atoms with Crippen LogP contribution >= 0.6 is 0 Å². The van der Waals surface area contributed by atoms with E-state index < -0.39 is 9.84 Å². The third-order valence-electron chi connectivity index (χ3n) is 4.60. The monoisotopic (exact) mass is 364 g/mol. The Kier molecular flexibility index (Phi) is 5.67. The van der Waals surface area contributed by atoms with Gasteiger partial charge in [0.15, 0.2) is 9.84 Å². The van der Waals surface area contributed by atoms with Gasteiger partial charge in [0.1, 0.15) is 17.8 Å². The molecular weight excluding hydrogens is 340 g/mol. The molecule has 0 aromatic carbocycles. The largest absolute Gasteiger partial charge is 0.370 e. The summed E-state index contributed by atoms with van der Waals surface area (Å²) in [5, 5.41) is 5.97. The molecule has 3 rings (SSSR count). The fourth-order valence-corrected chi connectivity index (χ4v) is 4.90. The molecule has 136 valence electrons. The number of anilines is 1. The maximum Gasteiger partial charge on any atom is 0.270 e. The summed E-state index contributed by atoms with van der Waals surface area (Å²) in [7, 11) is -3.02. The first-order chi connectivity index (χ1) is 12.0. The van der Waals surface area contributed by atoms with Crippen molar-refractivity contribution in [1.29, 1.82) is 0 Å². The van der Waals surface area contributed by atoms with Crippen molar-refractivity contribution >= 4 is 21.6 Å². The molecule has 1 atom stereocenters. The molecule has 1 aliphatic carbocycles. The van der Waals surface area contributed by atoms with Crippen LogP contribution < -0.4 is 10.6 Å². The van der Waals surface area contributed by atoms with Crippen LogP contribution in [0.25, 0.3) is 0 Å². The summed E-state index contributed by atoms with van der Waals surface area (Å²) in [6.07, 6.45) is 9.99. The van der Waals surface area contributed by atoms with Gasteiger partial charge in [0.2, 0.25) is 0 Å². The van der Waals surface area contributed by atoms with Crippen LogP contribution in [0.2, 0.25) is 0 Å². The number of nitrogens with zero attached hydrogens (tertiary/aromatic N) is 2. The predicted octanol–water partition coefficient (Wildman–Crippen LogP) is 1.70. The van der Waals surface area contributed by atoms with E-state index in [-0.39, 0.29) is 29.1 Å². The molecule has 2 aliphatic rings. The van der Waals surface area contributed by atoms with E-state index in [2.05, 4.69) is 26.7 Å². The van der Waals surface area contributed by atoms with E-state index in [9.17, 15) is 13.2 Å². The standard InChI is InChI=1S/C17H24N4O3S/c22-17(21-14-7-9-25(23,24)11-14)15-10-16(20-12-19-15)18-8-6-13-4-2-1-3-5-13/h4,10,12,14H,1-3,5-9,11H2,(H,21,22)(H,18,19,20). The van der Waals surface area contributed by atoms with Crippen molar-refractivity contribution < 1.29 is 13.2 Å². The number of aromatic nitrogens is 2. The van der Waals surface area contributed by atoms with Gasteiger partial charge in [-0.25, -0.2) is 18.4 Å². The molecule has 8 heteroatoms. The Morgan fingerprint density at radius 2 is 2.16 bits per heavy atom. The molecule has 2 heterocycles. The van der Waals surface area contributed by atoms with E-state index in [0.717, 1.165) is 13.0 Å². The lowest BCUT2D eigenvalue weighted by Crippen LogP contribution is -2.36. The zero-order chi connectivity index (χ0) is 17.7. The van der Waals surface area contributed by atoms with Crippen molar-refractivity contribution in [3.63, 3.8) is 0 Å². The first-order valence-electron chi connectivity index (χ1n) is 8.77. The number of nitrogens with one attached hydrogen (secondary N) is 2. The second-order valence-electron chi connectivity index (χ2n) is 6.65. The van der Waals surface area contributed by atoms with E-state index in [1.54, 1.807) is 6.07 Å². The van der Waals surface area contributed by atoms with Crippen LogP contribution in [0.15, 0.2) is 24.0 Å². The van der Waals surface area contributed by atoms with Crippen LogP contribution in [0.1, 0.15) is 49.0 Å². The molecule has 1 fully saturated rings. The first-order valence-corrected chi connectivity index (χ1v) is 10.6. The highest BCUT2D eigenvalue weighted by Gasteiger charge is 2.29. The number of carbonyl (C=O) groups excluding carboxylic acids is 1. The van der Waals surface area contributed by atoms with Gasteiger partial charge in [-0.15, -0.1) is 0 Å². The second-order valence-corrected chi connectivity index (χ2v) is 8.88. The average Bonchev–Trinajstić information content (AvgIpc) is 2.94. The lowest BCUT2D eigenvalue weighted by Gasteiger charge is -2.13. The molecule has 7 nitrogen and oxygen atoms in total. The van der Waals surface area contributed by atoms with Gasteiger partial charge >= 0.3 is 0 Å². The third-order valence-corrected chi connectivity index (χ3v) is 6.37. The molecule has 0 radical (unpaired) electrons. The van der Waals surface area contributed by atoms with Crippen LogP contribution in [0.4, 0.5) is 5.82 Å². The summed E-state index contributed by atoms with van der Waals surface area (Å²) >= 11 is 0. The van der Waals surface area contributed by atoms with Crippen molar-refractivity contribution in [2.45, 2.75) is 44.6 Å². The summed E-state index contributed by atoms with van der Waals surface area (Å²) in [5.41, 5.74) is 1.73. The molecule has 0 bridgehead atoms. The molecule has 25 heavy (non-hydrogen) atoms. The van der Waals surface area contributed by atoms with Crippen LogP contribution in [0.5, 0.6) is 0 Å². The van der Waals surface area contributed by atoms with Crippen molar-refractivity contribution in [2.75, 3.05) is 23.4 Å². The second kappa shape index (κ2) is 7.95. The molecule has 1 aliphatic heterocycles. The number of allylic oxidation sites excluding steroid dienone is 1. The lowest BCUT2D eigenvalue weighted by atomic mass is 9.97. The van der Waals surface area contributed by atoms with Gasteiger partial charge in [-0.2, -0.15) is 0 Å². The molecule has 1 amide bonds. The summed E-state index contributed by atoms with van der Waals surface area (Å²) < 4.78 is 22.9. The topological polar surface area (TPSA) is 101 Å². The van der Waals surface area contributed by atoms with Crippen molar-refractivity contribution in [3.05, 3.63) is 29.7 Å². The van der Waals surface area contributed by atoms with Gasteiger partial charge in [0, 0.05) is 18.7 Å². The minimum absolute atomic E-state index is 0.00401. The fraction of sp³-hybridized carbons (Fsp3) is 0.588. The van der Waals surface area contributed by atoms with Crippen molar-refractivity contribution in [3.8, 4) is 0 Å². The van der Waals surface area contributed by atoms with Crippen LogP contribution in [0, 0.1) is 0 Å². The molecule has 2 N–H and O–H groups in total. The van der Waals surface area contributed by atoms with Gasteiger partial charge in [-0.1, -0.05) is 11.6 Å². The van der Waals surface area contributed by atoms with E-state index in [1.165, 1.54) is 37.6 Å². The highest BCUT2D eigenvalue weighted by Crippen LogP contribution is 2.20. The highest BCUT2D eigenvalue weighted by atomic mass is 32.2. The van der Waals surface area contributed by atoms with E-state index >= 15 is 0 Å². The Balaban J connectivity index is 1.52. The van der Waals surface area contributed by atoms with Gasteiger partial charge in [0.05, 0.1) is 11.5 Å². The maximum absolute atomic E-state index is 12.3. The maximum atomic E-state index is 12.3. The lowest BCUT2D eigenvalue weighted by molar-refractivity contribution is 0.0936. The smallest absolute Gasteiger partial charge is 0.270 e. The zero-order valence-corrected chi connectivity index (χ0v) is 15.0. The summed E-state index contributed by atoms with van der Waals surface area (Å²) in [6.45, 7) is 0.769. The number of hydrogen-bond acceptors (Lipinski definition) is 6. The van der Waals surface area contributed by atoms with Crippen molar-refractivity contribution in [2.24, 2.45) is 0 Å². The van der Waals surface area contributed by atoms with Crippen LogP contribution in [0.3, 0.4) is 0 Å². The number of carbonyl (C=O) groups is 1. The van der Waals surface area contributed by atoms with E-state index in [0.29, 0.717) is 12.2 Å². The van der Waals surface area contributed by atoms with Gasteiger partial charge in [-0.05, 0) is 38.5 Å². The van der Waals surface area contributed by atoms with Gasteiger partial charge in [0.25, 0.3) is 5.91 Å². The number of hydrogen-bond donors (Lipinski definition) is 2. The SMILES string of the molecule is O=C(NC1CCS(=O)(=O)C1)c1cc(NCCC2=CCCCC2)ncn1. The predicted molar refractivity (Wildman–Crippen MR) is 96.2 cm³/mol. The molecule has 1 saturated heterocycles. The van der Waals surface area contributed by atoms with Crippen LogP contribution in [-0.4, -0.2) is 48.4 Å². The Morgan fingerprint density at radius 1 is 1.28 bits per heavy atom. The average molecular weight is 364 g/mol. The molecule has 1 aromatic heterocycles. The molecule has 1 unspecified atom stereocenters. The van der Waals surface area contributed by atoms with Gasteiger partial charge < -0.3 is 10.6 Å². The molecule has 0 saturated carbocycles. The zero-order valence-electron chi connectivity index (χ0n) is 14.2. The third kappa shape index (κ3) is 5.26. The minimum atomic E-state index is -3.02. The number of rotatable bonds is 6. The molecule has 0 spiro atoms. The Labute approximate surface area is 148 Å². The number of amides is 1. The van der Waals surface area contributed by atoms with Crippen LogP contribution in [-0.2, 0) is 9.84 Å². The van der Waals surface area contributed by atoms with E-state index in [1.807, 2.05) is 0 Å². The summed E-state index contributed by atoms with van der Waals surface area (Å²) in [4.78, 5) is 20.4. The highest BCUT2D eigenvalue weighted by molar-refractivity contribution is 7.91. The summed E-state index contributed by atoms with van der Waals surface area (Å²) in [6, 6.07) is 1.27. The Hall–Kier alpha value is -1.96. The molecule has 1 aromatic rings. The Bertz CT molecular complexity index is 761. The quantitative estimate of drug-likeness (QED) is 0.745. The molecular formula is C17H24N4O3S. The summed E-state index contributed by atoms with van der Waals surface area (Å²) in [5.74, 6) is 0.382. The van der Waals surface area contributed by atoms with Crippen molar-refractivity contribution in [1.82, 2.24) is 15.3 Å². The Morgan fingerprint density at radius 3 is 2.88 bits per heavy atom. The number of sulfone groups is 1. The fourth-order valence-electron chi connectivity index (χ4n) is 3.23. The minimum Gasteiger partial charge on any atom is -0.370 e. The van der Waals surface area contributed by atoms with E-state index in [4.69, 9.17) is 0 Å². The van der Waals surface area contributed by atoms with Gasteiger partial charge in [-0.3, -0.25) is 4.79 Å². The first kappa shape index (κ1) is 17.8.